The molecule has 0 saturated heterocycles. The Kier molecular flexibility index (Phi) is 8.11. The normalized spacial score (nSPS) is 10.1. The van der Waals surface area contributed by atoms with Gasteiger partial charge >= 0.3 is 0 Å². The molecule has 4 N–H and O–H groups in total. The lowest BCUT2D eigenvalue weighted by molar-refractivity contribution is 0.0950. The molecule has 0 heterocycles. The number of carbonyl (C=O) groups excluding carboxylic acids is 2. The number of hydrogen-bond donors (Lipinski definition) is 3. The zero-order valence-electron chi connectivity index (χ0n) is 14.4. The molecular formula is C19H24ClN3O2. The molecule has 6 heteroatoms. The minimum absolute atomic E-state index is 0. The predicted molar refractivity (Wildman–Crippen MR) is 103 cm³/mol. The van der Waals surface area contributed by atoms with Crippen LogP contribution in [0.1, 0.15) is 40.1 Å². The maximum atomic E-state index is 12.4. The lowest BCUT2D eigenvalue weighted by Gasteiger charge is -2.12. The number of benzene rings is 2. The summed E-state index contributed by atoms with van der Waals surface area (Å²) in [5, 5.41) is 5.66. The molecule has 0 saturated carbocycles. The average Bonchev–Trinajstić information content (AvgIpc) is 2.60. The number of amides is 2. The van der Waals surface area contributed by atoms with E-state index in [1.54, 1.807) is 36.4 Å². The molecule has 25 heavy (non-hydrogen) atoms. The summed E-state index contributed by atoms with van der Waals surface area (Å²) in [7, 11) is 0. The summed E-state index contributed by atoms with van der Waals surface area (Å²) in [6.07, 6.45) is 0. The van der Waals surface area contributed by atoms with Crippen LogP contribution < -0.4 is 16.4 Å². The Hall–Kier alpha value is -2.37. The first kappa shape index (κ1) is 20.7. The third-order valence-electron chi connectivity index (χ3n) is 3.54. The third kappa shape index (κ3) is 5.89. The fraction of sp³-hybridized carbons (Fsp3) is 0.263. The largest absolute Gasteiger partial charge is 0.352 e. The Morgan fingerprint density at radius 3 is 2.24 bits per heavy atom. The van der Waals surface area contributed by atoms with Crippen LogP contribution in [0.4, 0.5) is 5.69 Å². The van der Waals surface area contributed by atoms with E-state index in [-0.39, 0.29) is 24.2 Å². The van der Waals surface area contributed by atoms with E-state index in [1.807, 2.05) is 26.0 Å². The molecule has 2 aromatic carbocycles. The van der Waals surface area contributed by atoms with Gasteiger partial charge in [0.25, 0.3) is 11.8 Å². The highest BCUT2D eigenvalue weighted by Gasteiger charge is 2.14. The smallest absolute Gasteiger partial charge is 0.255 e. The highest BCUT2D eigenvalue weighted by atomic mass is 35.5. The molecule has 0 fully saturated rings. The van der Waals surface area contributed by atoms with E-state index in [1.165, 1.54) is 0 Å². The van der Waals surface area contributed by atoms with Crippen molar-refractivity contribution in [3.05, 3.63) is 65.2 Å². The first-order valence-electron chi connectivity index (χ1n) is 7.99. The molecule has 2 amide bonds. The first-order valence-corrected chi connectivity index (χ1v) is 7.99. The van der Waals surface area contributed by atoms with Crippen molar-refractivity contribution in [2.24, 2.45) is 11.7 Å². The van der Waals surface area contributed by atoms with Crippen LogP contribution in [0.25, 0.3) is 0 Å². The second kappa shape index (κ2) is 9.81. The minimum atomic E-state index is -0.261. The molecule has 0 aliphatic heterocycles. The van der Waals surface area contributed by atoms with Gasteiger partial charge in [0.05, 0.1) is 11.3 Å². The minimum Gasteiger partial charge on any atom is -0.352 e. The SMILES string of the molecule is CC(C)CNC(=O)c1ccccc1NC(=O)c1ccc(CN)cc1.Cl. The number of hydrogen-bond acceptors (Lipinski definition) is 3. The van der Waals surface area contributed by atoms with Gasteiger partial charge in [-0.05, 0) is 35.7 Å². The van der Waals surface area contributed by atoms with E-state index in [4.69, 9.17) is 5.73 Å². The number of nitrogens with two attached hydrogens (primary N) is 1. The Morgan fingerprint density at radius 2 is 1.64 bits per heavy atom. The molecule has 2 aromatic rings. The number of para-hydroxylation sites is 1. The van der Waals surface area contributed by atoms with E-state index < -0.39 is 0 Å². The van der Waals surface area contributed by atoms with Crippen LogP contribution in [-0.2, 0) is 6.54 Å². The van der Waals surface area contributed by atoms with Crippen molar-refractivity contribution in [1.82, 2.24) is 5.32 Å². The second-order valence-corrected chi connectivity index (χ2v) is 6.00. The number of rotatable bonds is 6. The van der Waals surface area contributed by atoms with E-state index in [0.29, 0.717) is 35.8 Å². The van der Waals surface area contributed by atoms with E-state index in [2.05, 4.69) is 10.6 Å². The summed E-state index contributed by atoms with van der Waals surface area (Å²) < 4.78 is 0. The molecule has 0 aliphatic carbocycles. The standard InChI is InChI=1S/C19H23N3O2.ClH/c1-13(2)12-21-19(24)16-5-3-4-6-17(16)22-18(23)15-9-7-14(11-20)8-10-15;/h3-10,13H,11-12,20H2,1-2H3,(H,21,24)(H,22,23);1H. The Bertz CT molecular complexity index is 715. The van der Waals surface area contributed by atoms with E-state index >= 15 is 0 Å². The number of carbonyl (C=O) groups is 2. The third-order valence-corrected chi connectivity index (χ3v) is 3.54. The number of halogens is 1. The topological polar surface area (TPSA) is 84.2 Å². The van der Waals surface area contributed by atoms with E-state index in [9.17, 15) is 9.59 Å². The first-order chi connectivity index (χ1) is 11.5. The summed E-state index contributed by atoms with van der Waals surface area (Å²) in [5.74, 6) is -0.0995. The van der Waals surface area contributed by atoms with Crippen LogP contribution in [-0.4, -0.2) is 18.4 Å². The van der Waals surface area contributed by atoms with Gasteiger partial charge in [-0.15, -0.1) is 12.4 Å². The van der Waals surface area contributed by atoms with Gasteiger partial charge in [0.1, 0.15) is 0 Å². The summed E-state index contributed by atoms with van der Waals surface area (Å²) in [4.78, 5) is 24.7. The molecule has 0 aliphatic rings. The van der Waals surface area contributed by atoms with Crippen LogP contribution in [0.2, 0.25) is 0 Å². The quantitative estimate of drug-likeness (QED) is 0.738. The van der Waals surface area contributed by atoms with Crippen molar-refractivity contribution in [1.29, 1.82) is 0 Å². The van der Waals surface area contributed by atoms with Crippen LogP contribution in [0.15, 0.2) is 48.5 Å². The summed E-state index contributed by atoms with van der Waals surface area (Å²) in [5.41, 5.74) is 7.98. The lowest BCUT2D eigenvalue weighted by atomic mass is 10.1. The fourth-order valence-electron chi connectivity index (χ4n) is 2.17. The predicted octanol–water partition coefficient (Wildman–Crippen LogP) is 3.21. The molecule has 0 atom stereocenters. The Morgan fingerprint density at radius 1 is 1.00 bits per heavy atom. The molecule has 0 bridgehead atoms. The highest BCUT2D eigenvalue weighted by Crippen LogP contribution is 2.16. The molecule has 0 unspecified atom stereocenters. The van der Waals surface area contributed by atoms with Crippen LogP contribution in [0, 0.1) is 5.92 Å². The molecule has 0 aromatic heterocycles. The van der Waals surface area contributed by atoms with Crippen molar-refractivity contribution in [3.63, 3.8) is 0 Å². The van der Waals surface area contributed by atoms with Gasteiger partial charge in [-0.25, -0.2) is 0 Å². The monoisotopic (exact) mass is 361 g/mol. The zero-order chi connectivity index (χ0) is 17.5. The summed E-state index contributed by atoms with van der Waals surface area (Å²) >= 11 is 0. The van der Waals surface area contributed by atoms with Gasteiger partial charge in [0.15, 0.2) is 0 Å². The number of anilines is 1. The summed E-state index contributed by atoms with van der Waals surface area (Å²) in [6.45, 7) is 5.07. The number of nitrogens with one attached hydrogen (secondary N) is 2. The van der Waals surface area contributed by atoms with Crippen LogP contribution >= 0.6 is 12.4 Å². The lowest BCUT2D eigenvalue weighted by Crippen LogP contribution is -2.28. The molecule has 0 radical (unpaired) electrons. The van der Waals surface area contributed by atoms with Gasteiger partial charge in [-0.2, -0.15) is 0 Å². The van der Waals surface area contributed by atoms with Crippen molar-refractivity contribution < 1.29 is 9.59 Å². The molecule has 5 nitrogen and oxygen atoms in total. The van der Waals surface area contributed by atoms with Crippen LogP contribution in [0.3, 0.4) is 0 Å². The molecule has 134 valence electrons. The van der Waals surface area contributed by atoms with Crippen molar-refractivity contribution >= 4 is 29.9 Å². The van der Waals surface area contributed by atoms with Gasteiger partial charge < -0.3 is 16.4 Å². The zero-order valence-corrected chi connectivity index (χ0v) is 15.2. The van der Waals surface area contributed by atoms with Crippen molar-refractivity contribution in [3.8, 4) is 0 Å². The van der Waals surface area contributed by atoms with Crippen LogP contribution in [0.5, 0.6) is 0 Å². The maximum absolute atomic E-state index is 12.4. The average molecular weight is 362 g/mol. The van der Waals surface area contributed by atoms with Crippen molar-refractivity contribution in [2.45, 2.75) is 20.4 Å². The molecule has 0 spiro atoms. The second-order valence-electron chi connectivity index (χ2n) is 6.00. The summed E-state index contributed by atoms with van der Waals surface area (Å²) in [6, 6.07) is 14.0. The van der Waals surface area contributed by atoms with E-state index in [0.717, 1.165) is 5.56 Å². The highest BCUT2D eigenvalue weighted by molar-refractivity contribution is 6.09. The van der Waals surface area contributed by atoms with Crippen molar-refractivity contribution in [2.75, 3.05) is 11.9 Å². The fourth-order valence-corrected chi connectivity index (χ4v) is 2.17. The van der Waals surface area contributed by atoms with Gasteiger partial charge in [-0.3, -0.25) is 9.59 Å². The Balaban J connectivity index is 0.00000312. The maximum Gasteiger partial charge on any atom is 0.255 e. The van der Waals surface area contributed by atoms with Gasteiger partial charge in [-0.1, -0.05) is 38.1 Å². The molecular weight excluding hydrogens is 338 g/mol. The Labute approximate surface area is 154 Å². The van der Waals surface area contributed by atoms with Gasteiger partial charge in [0, 0.05) is 18.7 Å². The van der Waals surface area contributed by atoms with Gasteiger partial charge in [0.2, 0.25) is 0 Å². The molecule has 2 rings (SSSR count).